The van der Waals surface area contributed by atoms with E-state index in [-0.39, 0.29) is 19.3 Å². The van der Waals surface area contributed by atoms with E-state index < -0.39 is 91.5 Å². The predicted octanol–water partition coefficient (Wildman–Crippen LogP) is 26.3. The highest BCUT2D eigenvalue weighted by Crippen LogP contribution is 2.45. The Hall–Kier alpha value is -5.09. The average Bonchev–Trinajstić information content (AvgIpc) is 0.901. The second-order valence-corrected chi connectivity index (χ2v) is 31.5. The van der Waals surface area contributed by atoms with Crippen molar-refractivity contribution in [1.29, 1.82) is 0 Å². The minimum atomic E-state index is -4.95. The SMILES string of the molecule is CC/C=C\C/C=C\C/C=C\C/C=C\C/C=C\CCCCCCCCCCCCCCCCCCCCCC(=O)OCC(O)COP(=O)(O)OCC(O)COP(=O)(O)OCC(COC(=O)CCCCCCC/C=C\C/C=C\C/C=C\C/C=C\CCCCC)OC(=O)CCCCC/C=C\C/C=C\C/C=C\C/C=C\C/C=C\CC. The predicted molar refractivity (Wildman–Crippen MR) is 463 cm³/mol. The summed E-state index contributed by atoms with van der Waals surface area (Å²) in [5.41, 5.74) is 0. The summed E-state index contributed by atoms with van der Waals surface area (Å²) in [5.74, 6) is -1.63. The van der Waals surface area contributed by atoms with Crippen molar-refractivity contribution < 1.29 is 75.8 Å². The number of unbranched alkanes of at least 4 members (excludes halogenated alkanes) is 30. The van der Waals surface area contributed by atoms with Gasteiger partial charge in [-0.2, -0.15) is 0 Å². The second-order valence-electron chi connectivity index (χ2n) is 28.6. The van der Waals surface area contributed by atoms with Crippen LogP contribution < -0.4 is 0 Å². The first-order valence-electron chi connectivity index (χ1n) is 43.4. The van der Waals surface area contributed by atoms with E-state index in [1.165, 1.54) is 128 Å². The van der Waals surface area contributed by atoms with E-state index in [1.807, 2.05) is 0 Å². The van der Waals surface area contributed by atoms with Gasteiger partial charge in [-0.1, -0.05) is 339 Å². The molecule has 18 heteroatoms. The summed E-state index contributed by atoms with van der Waals surface area (Å²) in [5, 5.41) is 20.7. The smallest absolute Gasteiger partial charge is 0.463 e. The molecule has 0 radical (unpaired) electrons. The first-order valence-corrected chi connectivity index (χ1v) is 46.4. The van der Waals surface area contributed by atoms with Gasteiger partial charge >= 0.3 is 33.6 Å². The van der Waals surface area contributed by atoms with E-state index in [9.17, 15) is 43.5 Å². The molecule has 0 aliphatic rings. The Bertz CT molecular complexity index is 2700. The van der Waals surface area contributed by atoms with Gasteiger partial charge in [-0.15, -0.1) is 0 Å². The Morgan fingerprint density at radius 2 is 0.477 bits per heavy atom. The number of carbonyl (C=O) groups is 3. The maximum Gasteiger partial charge on any atom is 0.472 e. The van der Waals surface area contributed by atoms with Crippen LogP contribution in [0.5, 0.6) is 0 Å². The van der Waals surface area contributed by atoms with Crippen LogP contribution in [0.15, 0.2) is 170 Å². The molecule has 111 heavy (non-hydrogen) atoms. The fraction of sp³-hybridized carbons (Fsp3) is 0.667. The third-order valence-electron chi connectivity index (χ3n) is 17.9. The van der Waals surface area contributed by atoms with Crippen LogP contribution in [0.4, 0.5) is 0 Å². The molecule has 0 aromatic heterocycles. The van der Waals surface area contributed by atoms with E-state index in [4.69, 9.17) is 32.3 Å². The van der Waals surface area contributed by atoms with Crippen LogP contribution in [0.2, 0.25) is 0 Å². The minimum Gasteiger partial charge on any atom is -0.463 e. The average molecular weight is 1590 g/mol. The van der Waals surface area contributed by atoms with Crippen LogP contribution in [0, 0.1) is 0 Å². The lowest BCUT2D eigenvalue weighted by Gasteiger charge is -2.21. The second kappa shape index (κ2) is 84.3. The number of aliphatic hydroxyl groups excluding tert-OH is 2. The third-order valence-corrected chi connectivity index (χ3v) is 19.8. The monoisotopic (exact) mass is 1590 g/mol. The highest BCUT2D eigenvalue weighted by atomic mass is 31.2. The number of hydrogen-bond donors (Lipinski definition) is 4. The minimum absolute atomic E-state index is 0.0559. The first kappa shape index (κ1) is 106. The molecular weight excluding hydrogens is 1430 g/mol. The molecule has 0 saturated carbocycles. The van der Waals surface area contributed by atoms with Crippen molar-refractivity contribution >= 4 is 33.6 Å². The zero-order chi connectivity index (χ0) is 80.8. The lowest BCUT2D eigenvalue weighted by atomic mass is 10.0. The quantitative estimate of drug-likeness (QED) is 0.0146. The molecule has 0 amide bonds. The van der Waals surface area contributed by atoms with Gasteiger partial charge in [-0.05, 0) is 154 Å². The molecule has 0 bridgehead atoms. The molecule has 0 spiro atoms. The molecule has 0 aromatic carbocycles. The fourth-order valence-electron chi connectivity index (χ4n) is 11.4. The van der Waals surface area contributed by atoms with Gasteiger partial charge in [0.2, 0.25) is 0 Å². The van der Waals surface area contributed by atoms with E-state index in [0.717, 1.165) is 154 Å². The topological polar surface area (TPSA) is 231 Å². The van der Waals surface area contributed by atoms with Gasteiger partial charge < -0.3 is 34.2 Å². The van der Waals surface area contributed by atoms with E-state index in [2.05, 4.69) is 191 Å². The summed E-state index contributed by atoms with van der Waals surface area (Å²) >= 11 is 0. The van der Waals surface area contributed by atoms with E-state index >= 15 is 0 Å². The van der Waals surface area contributed by atoms with Gasteiger partial charge in [0.05, 0.1) is 26.4 Å². The van der Waals surface area contributed by atoms with Gasteiger partial charge in [0.1, 0.15) is 25.4 Å². The van der Waals surface area contributed by atoms with Gasteiger partial charge in [0.15, 0.2) is 6.10 Å². The molecule has 5 atom stereocenters. The van der Waals surface area contributed by atoms with Gasteiger partial charge in [0.25, 0.3) is 0 Å². The molecule has 0 aliphatic heterocycles. The van der Waals surface area contributed by atoms with Gasteiger partial charge in [-0.25, -0.2) is 9.13 Å². The molecule has 0 aliphatic carbocycles. The Kier molecular flexibility index (Phi) is 80.4. The van der Waals surface area contributed by atoms with Crippen LogP contribution in [-0.4, -0.2) is 95.9 Å². The molecule has 0 fully saturated rings. The number of rotatable bonds is 81. The first-order chi connectivity index (χ1) is 54.2. The summed E-state index contributed by atoms with van der Waals surface area (Å²) < 4.78 is 61.3. The zero-order valence-corrected chi connectivity index (χ0v) is 71.4. The summed E-state index contributed by atoms with van der Waals surface area (Å²) in [4.78, 5) is 58.8. The highest BCUT2D eigenvalue weighted by molar-refractivity contribution is 7.47. The van der Waals surface area contributed by atoms with Crippen molar-refractivity contribution in [3.8, 4) is 0 Å². The van der Waals surface area contributed by atoms with E-state index in [1.54, 1.807) is 0 Å². The number of phosphoric ester groups is 2. The standard InChI is InChI=1S/C93H156O16P2/c1-4-7-10-13-16-19-22-25-28-31-34-36-37-38-39-40-41-42-43-44-45-46-47-48-49-51-54-55-58-61-64-67-70-73-76-79-91(96)103-82-88(94)83-105-110(99,100)106-84-89(95)85-107-111(101,102)108-87-90(109-93(98)81-78-75-72-69-66-63-60-57-52-33-30-27-24-21-18-15-12-9-6-3)86-104-92(97)80-77-74-71-68-65-62-59-56-53-50-35-32-29-26-23-20-17-14-11-8-5-2/h7,9-10,12,16-21,25-30,34-36,38-39,50,52,56-57,59,63,66,88-90,94-95H,4-6,8,11,13-15,22-24,31-33,37,40-49,51,53-55,58,60-62,64-65,67-87H2,1-3H3,(H,99,100)(H,101,102)/b10-7-,12-9-,19-16-,20-17-,21-18-,28-25-,29-26-,30-27-,36-34-,39-38-,50-35-,57-52-,59-56-,66-63-. The van der Waals surface area contributed by atoms with Crippen molar-refractivity contribution in [1.82, 2.24) is 0 Å². The van der Waals surface area contributed by atoms with E-state index in [0.29, 0.717) is 19.3 Å². The largest absolute Gasteiger partial charge is 0.472 e. The summed E-state index contributed by atoms with van der Waals surface area (Å²) in [6.07, 6.45) is 108. The normalized spacial score (nSPS) is 14.7. The number of hydrogen-bond acceptors (Lipinski definition) is 14. The number of ether oxygens (including phenoxy) is 3. The fourth-order valence-corrected chi connectivity index (χ4v) is 13.0. The van der Waals surface area contributed by atoms with Crippen LogP contribution >= 0.6 is 15.6 Å². The number of carbonyl (C=O) groups excluding carboxylic acids is 3. The molecule has 0 rings (SSSR count). The lowest BCUT2D eigenvalue weighted by Crippen LogP contribution is -2.30. The zero-order valence-electron chi connectivity index (χ0n) is 69.6. The maximum absolute atomic E-state index is 13.0. The number of phosphoric acid groups is 2. The molecule has 4 N–H and O–H groups in total. The number of aliphatic hydroxyl groups is 2. The van der Waals surface area contributed by atoms with Crippen molar-refractivity contribution in [2.24, 2.45) is 0 Å². The molecule has 0 aromatic rings. The summed E-state index contributed by atoms with van der Waals surface area (Å²) in [7, 11) is -9.82. The Balaban J connectivity index is 4.52. The highest BCUT2D eigenvalue weighted by Gasteiger charge is 2.29. The lowest BCUT2D eigenvalue weighted by molar-refractivity contribution is -0.161. The number of esters is 3. The number of allylic oxidation sites excluding steroid dienone is 28. The molecule has 634 valence electrons. The van der Waals surface area contributed by atoms with Gasteiger partial charge in [-0.3, -0.25) is 32.5 Å². The maximum atomic E-state index is 13.0. The van der Waals surface area contributed by atoms with Crippen molar-refractivity contribution in [2.45, 2.75) is 360 Å². The third kappa shape index (κ3) is 85.6. The Morgan fingerprint density at radius 3 is 0.766 bits per heavy atom. The Labute approximate surface area is 675 Å². The molecule has 0 heterocycles. The molecule has 5 unspecified atom stereocenters. The molecule has 0 saturated heterocycles. The van der Waals surface area contributed by atoms with Crippen molar-refractivity contribution in [2.75, 3.05) is 39.6 Å². The van der Waals surface area contributed by atoms with Crippen LogP contribution in [0.1, 0.15) is 342 Å². The summed E-state index contributed by atoms with van der Waals surface area (Å²) in [6, 6.07) is 0. The van der Waals surface area contributed by atoms with Crippen LogP contribution in [-0.2, 0) is 55.8 Å². The van der Waals surface area contributed by atoms with Crippen LogP contribution in [0.25, 0.3) is 0 Å². The Morgan fingerprint density at radius 1 is 0.261 bits per heavy atom. The van der Waals surface area contributed by atoms with Gasteiger partial charge in [0, 0.05) is 19.3 Å². The molecular formula is C93H156O16P2. The molecule has 16 nitrogen and oxygen atoms in total. The van der Waals surface area contributed by atoms with Crippen molar-refractivity contribution in [3.05, 3.63) is 170 Å². The summed E-state index contributed by atoms with van der Waals surface area (Å²) in [6.45, 7) is 2.38. The van der Waals surface area contributed by atoms with Crippen molar-refractivity contribution in [3.63, 3.8) is 0 Å². The van der Waals surface area contributed by atoms with Crippen LogP contribution in [0.3, 0.4) is 0 Å².